The second kappa shape index (κ2) is 7.80. The molecule has 0 heterocycles. The van der Waals surface area contributed by atoms with Crippen molar-refractivity contribution in [2.75, 3.05) is 28.2 Å². The van der Waals surface area contributed by atoms with Crippen LogP contribution in [0.5, 0.6) is 0 Å². The van der Waals surface area contributed by atoms with E-state index in [1.807, 2.05) is 28.2 Å². The molecule has 1 rings (SSSR count). The fraction of sp³-hybridized carbons (Fsp3) is 0.909. The Balaban J connectivity index is 0.000000500. The second-order valence-electron chi connectivity index (χ2n) is 4.07. The van der Waals surface area contributed by atoms with Crippen LogP contribution in [-0.2, 0) is 4.79 Å². The summed E-state index contributed by atoms with van der Waals surface area (Å²) in [5.41, 5.74) is 0. The molecule has 1 amide bonds. The first-order valence-corrected chi connectivity index (χ1v) is 5.43. The van der Waals surface area contributed by atoms with Crippen molar-refractivity contribution in [1.29, 1.82) is 0 Å². The Kier molecular flexibility index (Phi) is 7.48. The van der Waals surface area contributed by atoms with E-state index in [4.69, 9.17) is 0 Å². The van der Waals surface area contributed by atoms with Gasteiger partial charge in [-0.1, -0.05) is 19.3 Å². The molecule has 0 spiro atoms. The molecular weight excluding hydrogens is 176 g/mol. The number of hydrogen-bond donors (Lipinski definition) is 1. The van der Waals surface area contributed by atoms with Crippen LogP contribution in [0.2, 0.25) is 0 Å². The quantitative estimate of drug-likeness (QED) is 0.695. The fourth-order valence-corrected chi connectivity index (χ4v) is 1.71. The number of hydrogen-bond acceptors (Lipinski definition) is 2. The van der Waals surface area contributed by atoms with Crippen LogP contribution in [0, 0.1) is 5.92 Å². The van der Waals surface area contributed by atoms with Crippen LogP contribution in [0.1, 0.15) is 32.1 Å². The smallest absolute Gasteiger partial charge is 0.225 e. The lowest BCUT2D eigenvalue weighted by molar-refractivity contribution is -0.133. The van der Waals surface area contributed by atoms with Gasteiger partial charge in [0.2, 0.25) is 5.91 Å². The van der Waals surface area contributed by atoms with Gasteiger partial charge in [0.05, 0.1) is 0 Å². The normalized spacial score (nSPS) is 16.9. The van der Waals surface area contributed by atoms with E-state index in [1.54, 1.807) is 4.90 Å². The highest BCUT2D eigenvalue weighted by Crippen LogP contribution is 2.24. The van der Waals surface area contributed by atoms with Crippen molar-refractivity contribution in [3.63, 3.8) is 0 Å². The van der Waals surface area contributed by atoms with Crippen molar-refractivity contribution in [3.8, 4) is 0 Å². The van der Waals surface area contributed by atoms with E-state index in [0.29, 0.717) is 11.8 Å². The topological polar surface area (TPSA) is 32.3 Å². The highest BCUT2D eigenvalue weighted by molar-refractivity contribution is 5.78. The summed E-state index contributed by atoms with van der Waals surface area (Å²) in [4.78, 5) is 13.1. The number of nitrogens with zero attached hydrogens (tertiary/aromatic N) is 1. The lowest BCUT2D eigenvalue weighted by atomic mass is 9.88. The van der Waals surface area contributed by atoms with Gasteiger partial charge in [-0.25, -0.2) is 0 Å². The lowest BCUT2D eigenvalue weighted by Gasteiger charge is -2.23. The molecule has 0 aliphatic heterocycles. The van der Waals surface area contributed by atoms with E-state index in [1.165, 1.54) is 19.3 Å². The van der Waals surface area contributed by atoms with Crippen LogP contribution in [-0.4, -0.2) is 39.0 Å². The van der Waals surface area contributed by atoms with Crippen LogP contribution in [0.25, 0.3) is 0 Å². The molecule has 0 aromatic heterocycles. The van der Waals surface area contributed by atoms with Crippen molar-refractivity contribution in [2.24, 2.45) is 5.92 Å². The van der Waals surface area contributed by atoms with Gasteiger partial charge < -0.3 is 10.2 Å². The van der Waals surface area contributed by atoms with Crippen LogP contribution >= 0.6 is 0 Å². The second-order valence-corrected chi connectivity index (χ2v) is 4.07. The predicted octanol–water partition coefficient (Wildman–Crippen LogP) is 1.49. The largest absolute Gasteiger partial charge is 0.349 e. The zero-order chi connectivity index (χ0) is 11.0. The van der Waals surface area contributed by atoms with Gasteiger partial charge in [-0.3, -0.25) is 4.79 Å². The molecule has 1 fully saturated rings. The molecule has 0 bridgehead atoms. The van der Waals surface area contributed by atoms with Gasteiger partial charge in [0.1, 0.15) is 0 Å². The van der Waals surface area contributed by atoms with E-state index >= 15 is 0 Å². The Bertz CT molecular complexity index is 151. The molecule has 3 nitrogen and oxygen atoms in total. The first-order chi connectivity index (χ1) is 6.63. The Morgan fingerprint density at radius 3 is 1.93 bits per heavy atom. The Morgan fingerprint density at radius 1 is 1.14 bits per heavy atom. The molecule has 0 unspecified atom stereocenters. The van der Waals surface area contributed by atoms with Crippen LogP contribution in [0.4, 0.5) is 0 Å². The number of carbonyl (C=O) groups is 1. The zero-order valence-electron chi connectivity index (χ0n) is 9.97. The average molecular weight is 200 g/mol. The molecule has 84 valence electrons. The summed E-state index contributed by atoms with van der Waals surface area (Å²) in [6.07, 6.45) is 6.01. The molecule has 0 aromatic carbocycles. The number of rotatable bonds is 1. The van der Waals surface area contributed by atoms with Crippen LogP contribution in [0.3, 0.4) is 0 Å². The first-order valence-electron chi connectivity index (χ1n) is 5.43. The minimum absolute atomic E-state index is 0.324. The minimum atomic E-state index is 0.324. The van der Waals surface area contributed by atoms with Crippen molar-refractivity contribution >= 4 is 5.91 Å². The third-order valence-electron chi connectivity index (χ3n) is 2.40. The van der Waals surface area contributed by atoms with E-state index in [9.17, 15) is 4.79 Å². The maximum absolute atomic E-state index is 11.4. The monoisotopic (exact) mass is 200 g/mol. The first kappa shape index (κ1) is 13.4. The summed E-state index contributed by atoms with van der Waals surface area (Å²) in [5, 5.41) is 2.75. The molecule has 1 saturated carbocycles. The molecule has 0 saturated heterocycles. The minimum Gasteiger partial charge on any atom is -0.349 e. The van der Waals surface area contributed by atoms with Crippen LogP contribution < -0.4 is 5.32 Å². The highest BCUT2D eigenvalue weighted by atomic mass is 16.2. The van der Waals surface area contributed by atoms with Gasteiger partial charge in [0.15, 0.2) is 0 Å². The molecular formula is C11H24N2O. The molecule has 1 N–H and O–H groups in total. The molecule has 0 atom stereocenters. The molecule has 0 radical (unpaired) electrons. The summed E-state index contributed by atoms with van der Waals surface area (Å²) >= 11 is 0. The fourth-order valence-electron chi connectivity index (χ4n) is 1.71. The Labute approximate surface area is 87.9 Å². The Morgan fingerprint density at radius 2 is 1.57 bits per heavy atom. The zero-order valence-corrected chi connectivity index (χ0v) is 9.97. The van der Waals surface area contributed by atoms with Gasteiger partial charge in [0.25, 0.3) is 0 Å². The highest BCUT2D eigenvalue weighted by Gasteiger charge is 2.21. The molecule has 14 heavy (non-hydrogen) atoms. The Hall–Kier alpha value is -0.570. The predicted molar refractivity (Wildman–Crippen MR) is 60.3 cm³/mol. The van der Waals surface area contributed by atoms with E-state index in [2.05, 4.69) is 5.32 Å². The third-order valence-corrected chi connectivity index (χ3v) is 2.40. The maximum Gasteiger partial charge on any atom is 0.225 e. The molecule has 1 aliphatic rings. The van der Waals surface area contributed by atoms with Crippen molar-refractivity contribution < 1.29 is 4.79 Å². The summed E-state index contributed by atoms with van der Waals surface area (Å²) < 4.78 is 0. The van der Waals surface area contributed by atoms with E-state index in [0.717, 1.165) is 12.8 Å². The maximum atomic E-state index is 11.4. The van der Waals surface area contributed by atoms with Gasteiger partial charge in [0, 0.05) is 20.0 Å². The summed E-state index contributed by atoms with van der Waals surface area (Å²) in [6.45, 7) is 0. The van der Waals surface area contributed by atoms with Gasteiger partial charge in [-0.15, -0.1) is 0 Å². The SMILES string of the molecule is CN(C)C(=O)C1CCCCC1.CNC. The van der Waals surface area contributed by atoms with Gasteiger partial charge in [-0.2, -0.15) is 0 Å². The standard InChI is InChI=1S/C9H17NO.C2H7N/c1-10(2)9(11)8-6-4-3-5-7-8;1-3-2/h8H,3-7H2,1-2H3;3H,1-2H3. The molecule has 0 aromatic rings. The van der Waals surface area contributed by atoms with Crippen molar-refractivity contribution in [2.45, 2.75) is 32.1 Å². The average Bonchev–Trinajstić information content (AvgIpc) is 2.19. The van der Waals surface area contributed by atoms with Gasteiger partial charge >= 0.3 is 0 Å². The van der Waals surface area contributed by atoms with E-state index in [-0.39, 0.29) is 0 Å². The third kappa shape index (κ3) is 5.22. The molecule has 1 aliphatic carbocycles. The summed E-state index contributed by atoms with van der Waals surface area (Å²) in [5.74, 6) is 0.656. The number of amides is 1. The van der Waals surface area contributed by atoms with Gasteiger partial charge in [-0.05, 0) is 26.9 Å². The van der Waals surface area contributed by atoms with Crippen molar-refractivity contribution in [3.05, 3.63) is 0 Å². The van der Waals surface area contributed by atoms with E-state index < -0.39 is 0 Å². The summed E-state index contributed by atoms with van der Waals surface area (Å²) in [7, 11) is 7.44. The molecule has 3 heteroatoms. The van der Waals surface area contributed by atoms with Crippen LogP contribution in [0.15, 0.2) is 0 Å². The van der Waals surface area contributed by atoms with Crippen molar-refractivity contribution in [1.82, 2.24) is 10.2 Å². The summed E-state index contributed by atoms with van der Waals surface area (Å²) in [6, 6.07) is 0. The lowest BCUT2D eigenvalue weighted by Crippen LogP contribution is -2.30. The number of carbonyl (C=O) groups excluding carboxylic acids is 1. The number of nitrogens with one attached hydrogen (secondary N) is 1.